The third-order valence-corrected chi connectivity index (χ3v) is 3.73. The number of nitrogens with one attached hydrogen (secondary N) is 3. The fraction of sp³-hybridized carbons (Fsp3) is 0.231. The predicted octanol–water partition coefficient (Wildman–Crippen LogP) is 2.86. The van der Waals surface area contributed by atoms with Crippen LogP contribution in [0.5, 0.6) is 0 Å². The Morgan fingerprint density at radius 3 is 2.50 bits per heavy atom. The van der Waals surface area contributed by atoms with E-state index in [0.29, 0.717) is 16.5 Å². The second-order valence-corrected chi connectivity index (χ2v) is 5.13. The summed E-state index contributed by atoms with van der Waals surface area (Å²) in [5.41, 5.74) is 1.57. The Kier molecular flexibility index (Phi) is 3.92. The van der Waals surface area contributed by atoms with Crippen LogP contribution in [0.1, 0.15) is 13.0 Å². The molecule has 1 saturated heterocycles. The molecule has 1 atom stereocenters. The quantitative estimate of drug-likeness (QED) is 0.746. The van der Waals surface area contributed by atoms with E-state index in [1.807, 2.05) is 0 Å². The van der Waals surface area contributed by atoms with Gasteiger partial charge in [-0.1, -0.05) is 30.6 Å². The summed E-state index contributed by atoms with van der Waals surface area (Å²) in [5.74, 6) is -0.336. The van der Waals surface area contributed by atoms with Crippen LogP contribution in [0.25, 0.3) is 10.9 Å². The van der Waals surface area contributed by atoms with Gasteiger partial charge in [-0.15, -0.1) is 0 Å². The number of H-pyrrole nitrogens is 1. The molecule has 1 aromatic carbocycles. The molecule has 1 aromatic heterocycles. The first-order chi connectivity index (χ1) is 9.06. The number of aromatic amines is 1. The molecule has 1 aliphatic rings. The number of aromatic nitrogens is 1. The summed E-state index contributed by atoms with van der Waals surface area (Å²) < 4.78 is 0. The van der Waals surface area contributed by atoms with Crippen LogP contribution in [0.4, 0.5) is 4.79 Å². The second-order valence-electron chi connectivity index (χ2n) is 4.31. The Labute approximate surface area is 125 Å². The second kappa shape index (κ2) is 5.34. The van der Waals surface area contributed by atoms with Crippen molar-refractivity contribution in [3.63, 3.8) is 0 Å². The number of halogens is 2. The minimum Gasteiger partial charge on any atom is -0.360 e. The van der Waals surface area contributed by atoms with Gasteiger partial charge in [0.05, 0.1) is 15.6 Å². The van der Waals surface area contributed by atoms with E-state index in [-0.39, 0.29) is 13.3 Å². The molecule has 3 amide bonds. The molecule has 0 spiro atoms. The largest absolute Gasteiger partial charge is 0.360 e. The number of hydrogen-bond donors (Lipinski definition) is 3. The van der Waals surface area contributed by atoms with E-state index in [2.05, 4.69) is 15.6 Å². The lowest BCUT2D eigenvalue weighted by Gasteiger charge is -2.06. The summed E-state index contributed by atoms with van der Waals surface area (Å²) in [7, 11) is 0. The van der Waals surface area contributed by atoms with Crippen molar-refractivity contribution in [2.45, 2.75) is 19.9 Å². The summed E-state index contributed by atoms with van der Waals surface area (Å²) in [5, 5.41) is 6.64. The van der Waals surface area contributed by atoms with Gasteiger partial charge in [0, 0.05) is 18.0 Å². The molecule has 0 bridgehead atoms. The van der Waals surface area contributed by atoms with Crippen LogP contribution >= 0.6 is 23.2 Å². The van der Waals surface area contributed by atoms with E-state index in [9.17, 15) is 9.59 Å². The van der Waals surface area contributed by atoms with Gasteiger partial charge >= 0.3 is 6.03 Å². The number of urea groups is 1. The molecule has 5 nitrogen and oxygen atoms in total. The molecule has 0 unspecified atom stereocenters. The van der Waals surface area contributed by atoms with E-state index in [1.54, 1.807) is 18.3 Å². The Hall–Kier alpha value is -1.72. The average molecular weight is 314 g/mol. The van der Waals surface area contributed by atoms with Crippen LogP contribution in [0.2, 0.25) is 10.0 Å². The van der Waals surface area contributed by atoms with Gasteiger partial charge in [-0.3, -0.25) is 10.1 Å². The van der Waals surface area contributed by atoms with E-state index in [1.165, 1.54) is 0 Å². The highest BCUT2D eigenvalue weighted by Gasteiger charge is 2.30. The fourth-order valence-electron chi connectivity index (χ4n) is 2.22. The van der Waals surface area contributed by atoms with E-state index in [4.69, 9.17) is 23.2 Å². The zero-order valence-electron chi connectivity index (χ0n) is 9.59. The van der Waals surface area contributed by atoms with Crippen LogP contribution in [-0.2, 0) is 11.2 Å². The molecule has 3 N–H and O–H groups in total. The maximum absolute atomic E-state index is 11.5. The first-order valence-corrected chi connectivity index (χ1v) is 6.37. The van der Waals surface area contributed by atoms with E-state index >= 15 is 0 Å². The first kappa shape index (κ1) is 14.7. The van der Waals surface area contributed by atoms with Crippen molar-refractivity contribution >= 4 is 46.0 Å². The average Bonchev–Trinajstić information content (AvgIpc) is 2.90. The molecule has 106 valence electrons. The van der Waals surface area contributed by atoms with Gasteiger partial charge in [-0.2, -0.15) is 0 Å². The fourth-order valence-corrected chi connectivity index (χ4v) is 2.71. The predicted molar refractivity (Wildman–Crippen MR) is 79.2 cm³/mol. The molecule has 2 aromatic rings. The third kappa shape index (κ3) is 2.34. The molecule has 0 radical (unpaired) electrons. The van der Waals surface area contributed by atoms with E-state index in [0.717, 1.165) is 16.5 Å². The number of carbonyl (C=O) groups is 2. The number of carbonyl (C=O) groups excluding carboxylic acids is 2. The van der Waals surface area contributed by atoms with Crippen molar-refractivity contribution in [2.24, 2.45) is 0 Å². The first-order valence-electron chi connectivity index (χ1n) is 5.61. The summed E-state index contributed by atoms with van der Waals surface area (Å²) in [6.07, 6.45) is 2.11. The van der Waals surface area contributed by atoms with Crippen LogP contribution in [0.3, 0.4) is 0 Å². The summed E-state index contributed by atoms with van der Waals surface area (Å²) >= 11 is 12.2. The molecule has 1 fully saturated rings. The molecule has 20 heavy (non-hydrogen) atoms. The topological polar surface area (TPSA) is 74.0 Å². The van der Waals surface area contributed by atoms with Crippen molar-refractivity contribution < 1.29 is 9.59 Å². The number of amides is 3. The molecule has 2 heterocycles. The lowest BCUT2D eigenvalue weighted by atomic mass is 10.1. The minimum atomic E-state index is -0.582. The van der Waals surface area contributed by atoms with Crippen molar-refractivity contribution in [2.75, 3.05) is 0 Å². The zero-order valence-corrected chi connectivity index (χ0v) is 11.1. The molecule has 7 heteroatoms. The number of hydrogen-bond acceptors (Lipinski definition) is 2. The monoisotopic (exact) mass is 313 g/mol. The molecule has 3 rings (SSSR count). The number of rotatable bonds is 2. The molecule has 0 saturated carbocycles. The van der Waals surface area contributed by atoms with Gasteiger partial charge < -0.3 is 10.3 Å². The lowest BCUT2D eigenvalue weighted by molar-refractivity contribution is -0.120. The van der Waals surface area contributed by atoms with Gasteiger partial charge in [0.15, 0.2) is 0 Å². The Balaban J connectivity index is 0.00000147. The van der Waals surface area contributed by atoms with Crippen LogP contribution < -0.4 is 10.6 Å². The van der Waals surface area contributed by atoms with Crippen molar-refractivity contribution in [3.05, 3.63) is 33.9 Å². The van der Waals surface area contributed by atoms with E-state index < -0.39 is 12.1 Å². The summed E-state index contributed by atoms with van der Waals surface area (Å²) in [6.45, 7) is 0. The molecular weight excluding hydrogens is 301 g/mol. The van der Waals surface area contributed by atoms with Gasteiger partial charge in [0.2, 0.25) is 0 Å². The zero-order chi connectivity index (χ0) is 13.6. The highest BCUT2D eigenvalue weighted by molar-refractivity contribution is 6.40. The Morgan fingerprint density at radius 2 is 1.85 bits per heavy atom. The Bertz CT molecular complexity index is 696. The molecule has 0 aliphatic carbocycles. The van der Waals surface area contributed by atoms with Crippen LogP contribution in [-0.4, -0.2) is 23.0 Å². The number of fused-ring (bicyclic) bond motifs is 1. The van der Waals surface area contributed by atoms with Crippen molar-refractivity contribution in [1.82, 2.24) is 15.6 Å². The van der Waals surface area contributed by atoms with Crippen molar-refractivity contribution in [3.8, 4) is 0 Å². The van der Waals surface area contributed by atoms with Gasteiger partial charge in [0.1, 0.15) is 6.04 Å². The van der Waals surface area contributed by atoms with Gasteiger partial charge in [0.25, 0.3) is 5.91 Å². The number of imide groups is 1. The number of benzene rings is 1. The van der Waals surface area contributed by atoms with Gasteiger partial charge in [-0.05, 0) is 17.7 Å². The summed E-state index contributed by atoms with van der Waals surface area (Å²) in [4.78, 5) is 25.7. The smallest absolute Gasteiger partial charge is 0.322 e. The maximum atomic E-state index is 11.5. The van der Waals surface area contributed by atoms with Crippen molar-refractivity contribution in [1.29, 1.82) is 0 Å². The minimum absolute atomic E-state index is 0. The Morgan fingerprint density at radius 1 is 1.15 bits per heavy atom. The SMILES string of the molecule is C.O=C1NC(=O)[C@@H](Cc2c[nH]c3c(Cl)ccc(Cl)c23)N1. The third-order valence-electron chi connectivity index (χ3n) is 3.10. The van der Waals surface area contributed by atoms with Gasteiger partial charge in [-0.25, -0.2) is 4.79 Å². The highest BCUT2D eigenvalue weighted by Crippen LogP contribution is 2.32. The normalized spacial score (nSPS) is 17.8. The van der Waals surface area contributed by atoms with Crippen LogP contribution in [0.15, 0.2) is 18.3 Å². The lowest BCUT2D eigenvalue weighted by Crippen LogP contribution is -2.30. The summed E-state index contributed by atoms with van der Waals surface area (Å²) in [6, 6.07) is 2.36. The maximum Gasteiger partial charge on any atom is 0.322 e. The van der Waals surface area contributed by atoms with Crippen LogP contribution in [0, 0.1) is 0 Å². The molecular formula is C13H13Cl2N3O2. The highest BCUT2D eigenvalue weighted by atomic mass is 35.5. The molecule has 1 aliphatic heterocycles. The standard InChI is InChI=1S/C12H9Cl2N3O2.CH4/c13-6-1-2-7(14)10-9(6)5(4-15-10)3-8-11(18)17-12(19)16-8;/h1-2,4,8,15H,3H2,(H2,16,17,18,19);1H4/t8-;/m1./s1.